The highest BCUT2D eigenvalue weighted by atomic mass is 35.6. The van der Waals surface area contributed by atoms with E-state index in [1.807, 2.05) is 6.92 Å². The van der Waals surface area contributed by atoms with Gasteiger partial charge in [-0.1, -0.05) is 34.8 Å². The van der Waals surface area contributed by atoms with Crippen molar-refractivity contribution < 1.29 is 9.47 Å². The monoisotopic (exact) mass is 269 g/mol. The summed E-state index contributed by atoms with van der Waals surface area (Å²) in [7, 11) is 1.49. The van der Waals surface area contributed by atoms with Gasteiger partial charge in [0, 0.05) is 17.7 Å². The summed E-state index contributed by atoms with van der Waals surface area (Å²) in [6.07, 6.45) is 0. The summed E-state index contributed by atoms with van der Waals surface area (Å²) in [5.74, 6) is 0.723. The van der Waals surface area contributed by atoms with E-state index in [-0.39, 0.29) is 0 Å². The van der Waals surface area contributed by atoms with Gasteiger partial charge in [-0.05, 0) is 6.92 Å². The Labute approximate surface area is 103 Å². The fourth-order valence-corrected chi connectivity index (χ4v) is 1.30. The number of hydrogen-bond donors (Lipinski definition) is 0. The molecule has 0 aliphatic carbocycles. The Morgan fingerprint density at radius 1 is 1.27 bits per heavy atom. The number of rotatable bonds is 3. The number of methoxy groups -OCH3 is 1. The SMILES string of the molecule is CCOc1cc(C(Cl)(Cl)Cl)cc(OC)n1. The number of ether oxygens (including phenoxy) is 2. The Morgan fingerprint density at radius 3 is 2.33 bits per heavy atom. The number of pyridine rings is 1. The molecule has 1 aromatic heterocycles. The molecule has 0 radical (unpaired) electrons. The first-order valence-electron chi connectivity index (χ1n) is 4.23. The highest BCUT2D eigenvalue weighted by molar-refractivity contribution is 6.66. The fourth-order valence-electron chi connectivity index (χ4n) is 0.971. The van der Waals surface area contributed by atoms with Crippen LogP contribution < -0.4 is 9.47 Å². The van der Waals surface area contributed by atoms with Crippen LogP contribution >= 0.6 is 34.8 Å². The van der Waals surface area contributed by atoms with Crippen molar-refractivity contribution in [2.45, 2.75) is 10.7 Å². The lowest BCUT2D eigenvalue weighted by Gasteiger charge is -2.13. The standard InChI is InChI=1S/C9H10Cl3NO2/c1-3-15-8-5-6(9(10,11)12)4-7(13-8)14-2/h4-5H,3H2,1-2H3. The molecule has 0 saturated heterocycles. The van der Waals surface area contributed by atoms with Gasteiger partial charge >= 0.3 is 0 Å². The molecular weight excluding hydrogens is 260 g/mol. The first kappa shape index (κ1) is 12.7. The predicted molar refractivity (Wildman–Crippen MR) is 61.2 cm³/mol. The second-order valence-electron chi connectivity index (χ2n) is 2.67. The molecule has 84 valence electrons. The summed E-state index contributed by atoms with van der Waals surface area (Å²) in [5.41, 5.74) is 0.461. The minimum atomic E-state index is -1.51. The molecule has 1 aromatic rings. The van der Waals surface area contributed by atoms with Gasteiger partial charge in [0.05, 0.1) is 13.7 Å². The number of halogens is 3. The molecule has 1 heterocycles. The molecule has 0 bridgehead atoms. The van der Waals surface area contributed by atoms with E-state index < -0.39 is 3.79 Å². The quantitative estimate of drug-likeness (QED) is 0.790. The van der Waals surface area contributed by atoms with Crippen LogP contribution in [-0.4, -0.2) is 18.7 Å². The van der Waals surface area contributed by atoms with Crippen LogP contribution in [0.1, 0.15) is 12.5 Å². The van der Waals surface area contributed by atoms with Gasteiger partial charge in [0.2, 0.25) is 15.6 Å². The third-order valence-corrected chi connectivity index (χ3v) is 2.26. The zero-order valence-electron chi connectivity index (χ0n) is 8.26. The molecule has 1 rings (SSSR count). The Morgan fingerprint density at radius 2 is 1.87 bits per heavy atom. The van der Waals surface area contributed by atoms with Crippen LogP contribution in [-0.2, 0) is 3.79 Å². The van der Waals surface area contributed by atoms with Gasteiger partial charge in [0.1, 0.15) is 0 Å². The van der Waals surface area contributed by atoms with Gasteiger partial charge in [-0.3, -0.25) is 0 Å². The largest absolute Gasteiger partial charge is 0.481 e. The van der Waals surface area contributed by atoms with Gasteiger partial charge in [0.15, 0.2) is 0 Å². The van der Waals surface area contributed by atoms with Crippen molar-refractivity contribution >= 4 is 34.8 Å². The fraction of sp³-hybridized carbons (Fsp3) is 0.444. The second kappa shape index (κ2) is 5.10. The molecule has 0 fully saturated rings. The summed E-state index contributed by atoms with van der Waals surface area (Å²) in [6.45, 7) is 2.33. The third-order valence-electron chi connectivity index (χ3n) is 1.61. The predicted octanol–water partition coefficient (Wildman–Crippen LogP) is 3.32. The maximum absolute atomic E-state index is 5.75. The van der Waals surface area contributed by atoms with E-state index in [1.165, 1.54) is 7.11 Å². The summed E-state index contributed by atoms with van der Waals surface area (Å²) in [6, 6.07) is 3.12. The number of alkyl halides is 3. The molecule has 0 saturated carbocycles. The lowest BCUT2D eigenvalue weighted by Crippen LogP contribution is -2.04. The molecule has 0 aromatic carbocycles. The van der Waals surface area contributed by atoms with E-state index >= 15 is 0 Å². The summed E-state index contributed by atoms with van der Waals surface area (Å²) in [5, 5.41) is 0. The molecule has 3 nitrogen and oxygen atoms in total. The summed E-state index contributed by atoms with van der Waals surface area (Å²) < 4.78 is 8.68. The van der Waals surface area contributed by atoms with Crippen molar-refractivity contribution in [2.75, 3.05) is 13.7 Å². The van der Waals surface area contributed by atoms with Crippen LogP contribution in [0.4, 0.5) is 0 Å². The number of nitrogens with zero attached hydrogens (tertiary/aromatic N) is 1. The van der Waals surface area contributed by atoms with Crippen LogP contribution in [0.15, 0.2) is 12.1 Å². The lowest BCUT2D eigenvalue weighted by molar-refractivity contribution is 0.315. The molecule has 0 amide bonds. The van der Waals surface area contributed by atoms with E-state index in [1.54, 1.807) is 12.1 Å². The molecule has 0 aliphatic rings. The molecule has 15 heavy (non-hydrogen) atoms. The van der Waals surface area contributed by atoms with Crippen molar-refractivity contribution in [3.05, 3.63) is 17.7 Å². The molecule has 0 atom stereocenters. The molecule has 0 spiro atoms. The van der Waals surface area contributed by atoms with Gasteiger partial charge in [-0.15, -0.1) is 0 Å². The van der Waals surface area contributed by atoms with E-state index in [0.29, 0.717) is 23.9 Å². The van der Waals surface area contributed by atoms with Gasteiger partial charge in [0.25, 0.3) is 0 Å². The first-order valence-corrected chi connectivity index (χ1v) is 5.37. The average molecular weight is 271 g/mol. The highest BCUT2D eigenvalue weighted by Crippen LogP contribution is 2.40. The second-order valence-corrected chi connectivity index (χ2v) is 4.95. The van der Waals surface area contributed by atoms with E-state index in [2.05, 4.69) is 4.98 Å². The normalized spacial score (nSPS) is 11.3. The molecule has 6 heteroatoms. The topological polar surface area (TPSA) is 31.4 Å². The lowest BCUT2D eigenvalue weighted by atomic mass is 10.3. The van der Waals surface area contributed by atoms with Gasteiger partial charge in [-0.25, -0.2) is 0 Å². The van der Waals surface area contributed by atoms with E-state index in [4.69, 9.17) is 44.3 Å². The number of hydrogen-bond acceptors (Lipinski definition) is 3. The minimum absolute atomic E-state index is 0.349. The van der Waals surface area contributed by atoms with Crippen LogP contribution in [0.25, 0.3) is 0 Å². The van der Waals surface area contributed by atoms with Gasteiger partial charge < -0.3 is 9.47 Å². The van der Waals surface area contributed by atoms with E-state index in [9.17, 15) is 0 Å². The summed E-state index contributed by atoms with van der Waals surface area (Å²) in [4.78, 5) is 4.03. The Kier molecular flexibility index (Phi) is 4.32. The smallest absolute Gasteiger partial charge is 0.216 e. The third kappa shape index (κ3) is 3.59. The highest BCUT2D eigenvalue weighted by Gasteiger charge is 2.24. The van der Waals surface area contributed by atoms with Crippen molar-refractivity contribution in [2.24, 2.45) is 0 Å². The molecule has 0 aliphatic heterocycles. The van der Waals surface area contributed by atoms with Crippen molar-refractivity contribution in [3.63, 3.8) is 0 Å². The molecular formula is C9H10Cl3NO2. The Hall–Kier alpha value is -0.380. The van der Waals surface area contributed by atoms with Crippen molar-refractivity contribution in [1.29, 1.82) is 0 Å². The zero-order valence-corrected chi connectivity index (χ0v) is 10.5. The molecule has 0 unspecified atom stereocenters. The average Bonchev–Trinajstić information content (AvgIpc) is 2.16. The first-order chi connectivity index (χ1) is 6.97. The number of aromatic nitrogens is 1. The Bertz CT molecular complexity index is 339. The van der Waals surface area contributed by atoms with Crippen molar-refractivity contribution in [1.82, 2.24) is 4.98 Å². The van der Waals surface area contributed by atoms with Crippen molar-refractivity contribution in [3.8, 4) is 11.8 Å². The van der Waals surface area contributed by atoms with Gasteiger partial charge in [-0.2, -0.15) is 4.98 Å². The van der Waals surface area contributed by atoms with Crippen LogP contribution in [0, 0.1) is 0 Å². The van der Waals surface area contributed by atoms with Crippen LogP contribution in [0.5, 0.6) is 11.8 Å². The minimum Gasteiger partial charge on any atom is -0.481 e. The maximum atomic E-state index is 5.75. The molecule has 0 N–H and O–H groups in total. The Balaban J connectivity index is 3.11. The van der Waals surface area contributed by atoms with E-state index in [0.717, 1.165) is 0 Å². The van der Waals surface area contributed by atoms with Crippen LogP contribution in [0.2, 0.25) is 0 Å². The summed E-state index contributed by atoms with van der Waals surface area (Å²) >= 11 is 17.3. The maximum Gasteiger partial charge on any atom is 0.216 e. The van der Waals surface area contributed by atoms with Crippen LogP contribution in [0.3, 0.4) is 0 Å². The zero-order chi connectivity index (χ0) is 11.5.